The molecule has 5 nitrogen and oxygen atoms in total. The van der Waals surface area contributed by atoms with Gasteiger partial charge in [-0.3, -0.25) is 4.79 Å². The highest BCUT2D eigenvalue weighted by atomic mass is 35.5. The highest BCUT2D eigenvalue weighted by molar-refractivity contribution is 7.15. The summed E-state index contributed by atoms with van der Waals surface area (Å²) in [7, 11) is 0. The molecule has 0 saturated carbocycles. The maximum atomic E-state index is 12.1. The van der Waals surface area contributed by atoms with Gasteiger partial charge in [0.1, 0.15) is 0 Å². The molecule has 0 spiro atoms. The van der Waals surface area contributed by atoms with E-state index in [1.54, 1.807) is 6.20 Å². The summed E-state index contributed by atoms with van der Waals surface area (Å²) >= 11 is 7.59. The first kappa shape index (κ1) is 16.4. The number of aliphatic hydroxyl groups is 1. The van der Waals surface area contributed by atoms with Crippen LogP contribution in [0.3, 0.4) is 0 Å². The van der Waals surface area contributed by atoms with Gasteiger partial charge in [-0.2, -0.15) is 0 Å². The van der Waals surface area contributed by atoms with Gasteiger partial charge in [-0.1, -0.05) is 23.7 Å². The molecule has 0 unspecified atom stereocenters. The Labute approximate surface area is 143 Å². The number of nitrogens with zero attached hydrogens (tertiary/aromatic N) is 1. The molecule has 1 aromatic carbocycles. The third-order valence-electron chi connectivity index (χ3n) is 3.82. The Morgan fingerprint density at radius 1 is 1.57 bits per heavy atom. The number of aromatic nitrogens is 1. The predicted octanol–water partition coefficient (Wildman–Crippen LogP) is 2.36. The van der Waals surface area contributed by atoms with E-state index in [2.05, 4.69) is 15.6 Å². The van der Waals surface area contributed by atoms with E-state index in [1.807, 2.05) is 25.1 Å². The normalized spacial score (nSPS) is 20.7. The van der Waals surface area contributed by atoms with Gasteiger partial charge in [-0.25, -0.2) is 4.98 Å². The minimum Gasteiger partial charge on any atom is -0.392 e. The quantitative estimate of drug-likeness (QED) is 0.790. The maximum Gasteiger partial charge on any atom is 0.243 e. The number of hydrogen-bond donors (Lipinski definition) is 3. The van der Waals surface area contributed by atoms with E-state index in [0.29, 0.717) is 18.1 Å². The van der Waals surface area contributed by atoms with E-state index in [9.17, 15) is 9.90 Å². The van der Waals surface area contributed by atoms with E-state index in [4.69, 9.17) is 11.6 Å². The van der Waals surface area contributed by atoms with Crippen LogP contribution < -0.4 is 10.6 Å². The van der Waals surface area contributed by atoms with Gasteiger partial charge < -0.3 is 15.7 Å². The van der Waals surface area contributed by atoms with Crippen LogP contribution >= 0.6 is 22.9 Å². The van der Waals surface area contributed by atoms with Crippen molar-refractivity contribution in [1.29, 1.82) is 0 Å². The van der Waals surface area contributed by atoms with E-state index < -0.39 is 6.10 Å². The Morgan fingerprint density at radius 2 is 2.39 bits per heavy atom. The third-order valence-corrected chi connectivity index (χ3v) is 5.14. The highest BCUT2D eigenvalue weighted by Gasteiger charge is 2.28. The zero-order valence-electron chi connectivity index (χ0n) is 12.7. The summed E-state index contributed by atoms with van der Waals surface area (Å²) in [6.07, 6.45) is 2.48. The Balaban J connectivity index is 1.61. The molecule has 3 rings (SSSR count). The average Bonchev–Trinajstić information content (AvgIpc) is 3.12. The number of carbonyl (C=O) groups excluding carboxylic acids is 1. The lowest BCUT2D eigenvalue weighted by molar-refractivity contribution is -0.117. The molecule has 0 radical (unpaired) electrons. The zero-order chi connectivity index (χ0) is 16.4. The lowest BCUT2D eigenvalue weighted by Gasteiger charge is -2.08. The lowest BCUT2D eigenvalue weighted by Crippen LogP contribution is -2.35. The summed E-state index contributed by atoms with van der Waals surface area (Å²) in [5, 5.41) is 16.6. The van der Waals surface area contributed by atoms with Crippen LogP contribution in [0.1, 0.15) is 22.4 Å². The number of benzene rings is 1. The molecule has 2 heterocycles. The van der Waals surface area contributed by atoms with Gasteiger partial charge in [0.25, 0.3) is 0 Å². The van der Waals surface area contributed by atoms with Crippen LogP contribution in [-0.4, -0.2) is 34.7 Å². The van der Waals surface area contributed by atoms with Crippen LogP contribution in [0.2, 0.25) is 5.02 Å². The second-order valence-electron chi connectivity index (χ2n) is 5.73. The molecular formula is C16H18ClN3O2S. The Kier molecular flexibility index (Phi) is 4.96. The fraction of sp³-hybridized carbons (Fsp3) is 0.375. The molecule has 1 amide bonds. The molecule has 3 N–H and O–H groups in total. The second kappa shape index (κ2) is 6.97. The molecule has 23 heavy (non-hydrogen) atoms. The van der Waals surface area contributed by atoms with Crippen molar-refractivity contribution in [2.45, 2.75) is 31.9 Å². The van der Waals surface area contributed by atoms with Crippen molar-refractivity contribution in [2.75, 3.05) is 11.9 Å². The van der Waals surface area contributed by atoms with Crippen molar-refractivity contribution < 1.29 is 9.90 Å². The van der Waals surface area contributed by atoms with Gasteiger partial charge in [0, 0.05) is 29.1 Å². The van der Waals surface area contributed by atoms with E-state index >= 15 is 0 Å². The molecule has 1 fully saturated rings. The van der Waals surface area contributed by atoms with Gasteiger partial charge >= 0.3 is 0 Å². The van der Waals surface area contributed by atoms with Crippen LogP contribution in [0.5, 0.6) is 0 Å². The molecular weight excluding hydrogens is 334 g/mol. The number of β-amino-alcohol motifs (C(OH)–C–C–N with tert-alkyl or cyclic N) is 1. The standard InChI is InChI=1S/C16H18ClN3O2S/c1-9-2-3-10(5-13(9)17)4-12-8-19-16(23-12)20-15(22)14-6-11(21)7-18-14/h2-3,5,8,11,14,18,21H,4,6-7H2,1H3,(H,19,20,22)/t11-,14-/m0/s1. The molecule has 122 valence electrons. The van der Waals surface area contributed by atoms with Crippen molar-refractivity contribution in [2.24, 2.45) is 0 Å². The molecule has 7 heteroatoms. The Bertz CT molecular complexity index is 719. The first-order valence-corrected chi connectivity index (χ1v) is 8.63. The van der Waals surface area contributed by atoms with Crippen molar-refractivity contribution >= 4 is 34.0 Å². The molecule has 2 aromatic rings. The number of hydrogen-bond acceptors (Lipinski definition) is 5. The summed E-state index contributed by atoms with van der Waals surface area (Å²) in [4.78, 5) is 17.4. The van der Waals surface area contributed by atoms with E-state index in [0.717, 1.165) is 27.4 Å². The number of nitrogens with one attached hydrogen (secondary N) is 2. The zero-order valence-corrected chi connectivity index (χ0v) is 14.2. The van der Waals surface area contributed by atoms with Gasteiger partial charge in [-0.05, 0) is 30.5 Å². The summed E-state index contributed by atoms with van der Waals surface area (Å²) in [6, 6.07) is 5.65. The fourth-order valence-electron chi connectivity index (χ4n) is 2.50. The topological polar surface area (TPSA) is 74.2 Å². The second-order valence-corrected chi connectivity index (χ2v) is 7.25. The van der Waals surface area contributed by atoms with Gasteiger partial charge in [0.05, 0.1) is 12.1 Å². The molecule has 2 atom stereocenters. The number of aliphatic hydroxyl groups excluding tert-OH is 1. The summed E-state index contributed by atoms with van der Waals surface area (Å²) in [6.45, 7) is 2.43. The smallest absolute Gasteiger partial charge is 0.243 e. The maximum absolute atomic E-state index is 12.1. The van der Waals surface area contributed by atoms with E-state index in [-0.39, 0.29) is 11.9 Å². The first-order chi connectivity index (χ1) is 11.0. The number of aryl methyl sites for hydroxylation is 1. The summed E-state index contributed by atoms with van der Waals surface area (Å²) < 4.78 is 0. The molecule has 0 aliphatic carbocycles. The Morgan fingerprint density at radius 3 is 3.09 bits per heavy atom. The van der Waals surface area contributed by atoms with Gasteiger partial charge in [-0.15, -0.1) is 11.3 Å². The number of anilines is 1. The van der Waals surface area contributed by atoms with Crippen molar-refractivity contribution in [3.63, 3.8) is 0 Å². The summed E-state index contributed by atoms with van der Waals surface area (Å²) in [5.41, 5.74) is 2.17. The lowest BCUT2D eigenvalue weighted by atomic mass is 10.1. The van der Waals surface area contributed by atoms with Crippen LogP contribution in [0.25, 0.3) is 0 Å². The summed E-state index contributed by atoms with van der Waals surface area (Å²) in [5.74, 6) is -0.152. The average molecular weight is 352 g/mol. The molecule has 0 bridgehead atoms. The number of amides is 1. The number of halogens is 1. The number of rotatable bonds is 4. The predicted molar refractivity (Wildman–Crippen MR) is 92.2 cm³/mol. The third kappa shape index (κ3) is 4.09. The van der Waals surface area contributed by atoms with Crippen LogP contribution in [0.4, 0.5) is 5.13 Å². The fourth-order valence-corrected chi connectivity index (χ4v) is 3.56. The highest BCUT2D eigenvalue weighted by Crippen LogP contribution is 2.24. The van der Waals surface area contributed by atoms with Crippen LogP contribution in [0, 0.1) is 6.92 Å². The Hall–Kier alpha value is -1.47. The largest absolute Gasteiger partial charge is 0.392 e. The van der Waals surface area contributed by atoms with Crippen molar-refractivity contribution in [1.82, 2.24) is 10.3 Å². The molecule has 1 aromatic heterocycles. The molecule has 1 aliphatic rings. The number of carbonyl (C=O) groups is 1. The molecule has 1 saturated heterocycles. The monoisotopic (exact) mass is 351 g/mol. The molecule has 1 aliphatic heterocycles. The van der Waals surface area contributed by atoms with Gasteiger partial charge in [0.15, 0.2) is 5.13 Å². The van der Waals surface area contributed by atoms with Crippen molar-refractivity contribution in [3.05, 3.63) is 45.4 Å². The van der Waals surface area contributed by atoms with Crippen LogP contribution in [0.15, 0.2) is 24.4 Å². The van der Waals surface area contributed by atoms with E-state index in [1.165, 1.54) is 11.3 Å². The SMILES string of the molecule is Cc1ccc(Cc2cnc(NC(=O)[C@@H]3C[C@H](O)CN3)s2)cc1Cl. The first-order valence-electron chi connectivity index (χ1n) is 7.43. The van der Waals surface area contributed by atoms with Crippen LogP contribution in [-0.2, 0) is 11.2 Å². The number of thiazole rings is 1. The van der Waals surface area contributed by atoms with Crippen molar-refractivity contribution in [3.8, 4) is 0 Å². The minimum absolute atomic E-state index is 0.152. The minimum atomic E-state index is -0.455. The van der Waals surface area contributed by atoms with Gasteiger partial charge in [0.2, 0.25) is 5.91 Å².